The van der Waals surface area contributed by atoms with Crippen molar-refractivity contribution in [1.82, 2.24) is 0 Å². The molecule has 1 aliphatic carbocycles. The lowest BCUT2D eigenvalue weighted by atomic mass is 9.93. The number of carbonyl (C=O) groups excluding carboxylic acids is 1. The van der Waals surface area contributed by atoms with Crippen LogP contribution in [0, 0.1) is 0 Å². The van der Waals surface area contributed by atoms with E-state index in [4.69, 9.17) is 15.2 Å². The molecule has 1 aromatic rings. The highest BCUT2D eigenvalue weighted by atomic mass is 16.5. The van der Waals surface area contributed by atoms with Crippen LogP contribution in [0.4, 0.5) is 5.69 Å². The van der Waals surface area contributed by atoms with E-state index in [1.807, 2.05) is 24.3 Å². The molecule has 1 amide bonds. The monoisotopic (exact) mass is 292 g/mol. The Labute approximate surface area is 125 Å². The van der Waals surface area contributed by atoms with Gasteiger partial charge in [-0.1, -0.05) is 12.1 Å². The van der Waals surface area contributed by atoms with E-state index in [9.17, 15) is 4.79 Å². The van der Waals surface area contributed by atoms with Crippen LogP contribution in [0.3, 0.4) is 0 Å². The van der Waals surface area contributed by atoms with Gasteiger partial charge in [0.1, 0.15) is 5.75 Å². The first kappa shape index (κ1) is 15.6. The topological polar surface area (TPSA) is 73.6 Å². The second kappa shape index (κ2) is 7.88. The van der Waals surface area contributed by atoms with Crippen LogP contribution in [0.2, 0.25) is 0 Å². The summed E-state index contributed by atoms with van der Waals surface area (Å²) in [4.78, 5) is 10.8. The number of rotatable bonds is 7. The quantitative estimate of drug-likeness (QED) is 0.809. The highest BCUT2D eigenvalue weighted by Gasteiger charge is 2.21. The summed E-state index contributed by atoms with van der Waals surface area (Å²) in [7, 11) is 1.78. The summed E-state index contributed by atoms with van der Waals surface area (Å²) >= 11 is 0. The normalized spacial score (nSPS) is 21.8. The van der Waals surface area contributed by atoms with Gasteiger partial charge >= 0.3 is 0 Å². The first-order chi connectivity index (χ1) is 10.2. The van der Waals surface area contributed by atoms with Gasteiger partial charge in [0, 0.05) is 13.2 Å². The van der Waals surface area contributed by atoms with Gasteiger partial charge in [0.25, 0.3) is 0 Å². The van der Waals surface area contributed by atoms with E-state index in [1.165, 1.54) is 0 Å². The Bertz CT molecular complexity index is 457. The molecule has 0 atom stereocenters. The smallest absolute Gasteiger partial charge is 0.220 e. The molecule has 1 saturated carbocycles. The highest BCUT2D eigenvalue weighted by molar-refractivity contribution is 5.73. The van der Waals surface area contributed by atoms with Crippen molar-refractivity contribution in [3.63, 3.8) is 0 Å². The number of benzene rings is 1. The molecule has 21 heavy (non-hydrogen) atoms. The van der Waals surface area contributed by atoms with Crippen molar-refractivity contribution in [2.75, 3.05) is 19.0 Å². The molecule has 0 heterocycles. The van der Waals surface area contributed by atoms with Crippen LogP contribution in [0.1, 0.15) is 32.1 Å². The molecule has 0 aliphatic heterocycles. The Kier molecular flexibility index (Phi) is 5.87. The minimum atomic E-state index is -0.349. The van der Waals surface area contributed by atoms with E-state index in [2.05, 4.69) is 5.32 Å². The van der Waals surface area contributed by atoms with Gasteiger partial charge in [0.15, 0.2) is 0 Å². The lowest BCUT2D eigenvalue weighted by molar-refractivity contribution is -0.118. The van der Waals surface area contributed by atoms with Crippen LogP contribution in [-0.2, 0) is 9.53 Å². The van der Waals surface area contributed by atoms with Crippen molar-refractivity contribution >= 4 is 11.6 Å². The van der Waals surface area contributed by atoms with Crippen LogP contribution in [0.25, 0.3) is 0 Å². The van der Waals surface area contributed by atoms with E-state index in [0.29, 0.717) is 18.8 Å². The van der Waals surface area contributed by atoms with Gasteiger partial charge in [0.2, 0.25) is 5.91 Å². The lowest BCUT2D eigenvalue weighted by Crippen LogP contribution is -2.29. The highest BCUT2D eigenvalue weighted by Crippen LogP contribution is 2.29. The van der Waals surface area contributed by atoms with Crippen LogP contribution < -0.4 is 15.8 Å². The van der Waals surface area contributed by atoms with Crippen LogP contribution >= 0.6 is 0 Å². The number of nitrogens with two attached hydrogens (primary N) is 1. The summed E-state index contributed by atoms with van der Waals surface area (Å²) in [6.07, 6.45) is 4.97. The molecule has 5 heteroatoms. The summed E-state index contributed by atoms with van der Waals surface area (Å²) in [5.41, 5.74) is 6.10. The molecule has 116 valence electrons. The fourth-order valence-corrected chi connectivity index (χ4v) is 2.64. The van der Waals surface area contributed by atoms with Crippen LogP contribution in [0.15, 0.2) is 24.3 Å². The molecular weight excluding hydrogens is 268 g/mol. The molecule has 0 radical (unpaired) electrons. The zero-order valence-corrected chi connectivity index (χ0v) is 12.5. The summed E-state index contributed by atoms with van der Waals surface area (Å²) < 4.78 is 11.0. The SMILES string of the molecule is COC1CCC(Nc2ccccc2OCCC(N)=O)CC1. The minimum absolute atomic E-state index is 0.229. The van der Waals surface area contributed by atoms with Gasteiger partial charge in [-0.3, -0.25) is 4.79 Å². The third-order valence-electron chi connectivity index (χ3n) is 3.86. The number of anilines is 1. The maximum atomic E-state index is 10.8. The predicted octanol–water partition coefficient (Wildman–Crippen LogP) is 2.31. The Morgan fingerprint density at radius 3 is 2.67 bits per heavy atom. The standard InChI is InChI=1S/C16H24N2O3/c1-20-13-8-6-12(7-9-13)18-14-4-2-3-5-15(14)21-11-10-16(17)19/h2-5,12-13,18H,6-11H2,1H3,(H2,17,19). The largest absolute Gasteiger partial charge is 0.491 e. The molecule has 0 saturated heterocycles. The molecular formula is C16H24N2O3. The molecule has 0 aromatic heterocycles. The number of nitrogens with one attached hydrogen (secondary N) is 1. The number of carbonyl (C=O) groups is 1. The van der Waals surface area contributed by atoms with Crippen LogP contribution in [0.5, 0.6) is 5.75 Å². The maximum absolute atomic E-state index is 10.8. The van der Waals surface area contributed by atoms with Crippen molar-refractivity contribution in [3.05, 3.63) is 24.3 Å². The molecule has 2 rings (SSSR count). The van der Waals surface area contributed by atoms with Crippen molar-refractivity contribution in [1.29, 1.82) is 0 Å². The summed E-state index contributed by atoms with van der Waals surface area (Å²) in [6.45, 7) is 0.310. The molecule has 0 spiro atoms. The molecule has 1 aromatic carbocycles. The van der Waals surface area contributed by atoms with Crippen molar-refractivity contribution in [3.8, 4) is 5.75 Å². The molecule has 1 aliphatic rings. The number of methoxy groups -OCH3 is 1. The van der Waals surface area contributed by atoms with E-state index < -0.39 is 0 Å². The summed E-state index contributed by atoms with van der Waals surface area (Å²) in [5, 5.41) is 3.54. The fourth-order valence-electron chi connectivity index (χ4n) is 2.64. The van der Waals surface area contributed by atoms with Gasteiger partial charge in [-0.25, -0.2) is 0 Å². The Morgan fingerprint density at radius 1 is 1.29 bits per heavy atom. The van der Waals surface area contributed by atoms with Gasteiger partial charge in [-0.2, -0.15) is 0 Å². The van der Waals surface area contributed by atoms with E-state index in [0.717, 1.165) is 37.1 Å². The first-order valence-corrected chi connectivity index (χ1v) is 7.48. The molecule has 5 nitrogen and oxygen atoms in total. The number of para-hydroxylation sites is 2. The third kappa shape index (κ3) is 4.93. The predicted molar refractivity (Wildman–Crippen MR) is 82.4 cm³/mol. The first-order valence-electron chi connectivity index (χ1n) is 7.48. The average molecular weight is 292 g/mol. The lowest BCUT2D eigenvalue weighted by Gasteiger charge is -2.29. The molecule has 1 fully saturated rings. The van der Waals surface area contributed by atoms with E-state index in [-0.39, 0.29) is 12.3 Å². The van der Waals surface area contributed by atoms with Gasteiger partial charge in [-0.15, -0.1) is 0 Å². The van der Waals surface area contributed by atoms with Crippen LogP contribution in [-0.4, -0.2) is 31.8 Å². The molecule has 3 N–H and O–H groups in total. The van der Waals surface area contributed by atoms with Gasteiger partial charge in [0.05, 0.1) is 24.8 Å². The van der Waals surface area contributed by atoms with E-state index >= 15 is 0 Å². The van der Waals surface area contributed by atoms with Crippen molar-refractivity contribution < 1.29 is 14.3 Å². The van der Waals surface area contributed by atoms with Gasteiger partial charge in [-0.05, 0) is 37.8 Å². The van der Waals surface area contributed by atoms with E-state index in [1.54, 1.807) is 7.11 Å². The third-order valence-corrected chi connectivity index (χ3v) is 3.86. The zero-order valence-electron chi connectivity index (χ0n) is 12.5. The average Bonchev–Trinajstić information content (AvgIpc) is 2.49. The van der Waals surface area contributed by atoms with Crippen molar-refractivity contribution in [2.24, 2.45) is 5.73 Å². The Morgan fingerprint density at radius 2 is 2.00 bits per heavy atom. The second-order valence-electron chi connectivity index (χ2n) is 5.41. The second-order valence-corrected chi connectivity index (χ2v) is 5.41. The minimum Gasteiger partial charge on any atom is -0.491 e. The maximum Gasteiger partial charge on any atom is 0.220 e. The fraction of sp³-hybridized carbons (Fsp3) is 0.562. The summed E-state index contributed by atoms with van der Waals surface area (Å²) in [5.74, 6) is 0.422. The molecule has 0 bridgehead atoms. The number of amides is 1. The zero-order chi connectivity index (χ0) is 15.1. The molecule has 0 unspecified atom stereocenters. The van der Waals surface area contributed by atoms with Gasteiger partial charge < -0.3 is 20.5 Å². The number of hydrogen-bond acceptors (Lipinski definition) is 4. The summed E-state index contributed by atoms with van der Waals surface area (Å²) in [6, 6.07) is 8.25. The van der Waals surface area contributed by atoms with Crippen molar-refractivity contribution in [2.45, 2.75) is 44.2 Å². The number of hydrogen-bond donors (Lipinski definition) is 2. The number of ether oxygens (including phenoxy) is 2. The Balaban J connectivity index is 1.89. The Hall–Kier alpha value is -1.75. The number of primary amides is 1.